The van der Waals surface area contributed by atoms with Crippen molar-refractivity contribution in [1.29, 1.82) is 0 Å². The molecule has 0 radical (unpaired) electrons. The van der Waals surface area contributed by atoms with Crippen LogP contribution in [-0.4, -0.2) is 81.0 Å². The second kappa shape index (κ2) is 9.12. The molecule has 0 N–H and O–H groups in total. The quantitative estimate of drug-likeness (QED) is 0.660. The maximum atomic E-state index is 11.8. The summed E-state index contributed by atoms with van der Waals surface area (Å²) in [7, 11) is 4.82. The maximum absolute atomic E-state index is 11.8. The summed E-state index contributed by atoms with van der Waals surface area (Å²) < 4.78 is 15.7. The topological polar surface area (TPSA) is 77.0 Å². The van der Waals surface area contributed by atoms with Crippen LogP contribution in [0.2, 0.25) is 5.15 Å². The van der Waals surface area contributed by atoms with Crippen molar-refractivity contribution >= 4 is 23.3 Å². The first-order valence-electron chi connectivity index (χ1n) is 7.65. The highest BCUT2D eigenvalue weighted by Crippen LogP contribution is 2.19. The number of halogens is 1. The molecule has 2 rings (SSSR count). The van der Waals surface area contributed by atoms with Crippen LogP contribution >= 0.6 is 11.6 Å². The van der Waals surface area contributed by atoms with Gasteiger partial charge in [-0.15, -0.1) is 0 Å². The largest absolute Gasteiger partial charge is 0.377 e. The van der Waals surface area contributed by atoms with E-state index in [0.717, 1.165) is 5.82 Å². The van der Waals surface area contributed by atoms with Gasteiger partial charge in [0.25, 0.3) is 0 Å². The van der Waals surface area contributed by atoms with E-state index in [1.165, 1.54) is 7.11 Å². The molecule has 24 heavy (non-hydrogen) atoms. The number of aromatic nitrogens is 2. The van der Waals surface area contributed by atoms with Gasteiger partial charge in [-0.2, -0.15) is 0 Å². The van der Waals surface area contributed by atoms with Gasteiger partial charge in [-0.05, 0) is 0 Å². The second-order valence-corrected chi connectivity index (χ2v) is 5.93. The molecule has 1 aromatic rings. The standard InChI is InChI=1S/C15H23ClN4O4/c1-19(15(21)10-23-3)7-11-8-20(4-5-24-11)14-6-12(16)17-13(18-14)9-22-2/h6,11H,4-5,7-10H2,1-3H3. The predicted octanol–water partition coefficient (Wildman–Crippen LogP) is 0.586. The lowest BCUT2D eigenvalue weighted by Crippen LogP contribution is -2.48. The van der Waals surface area contributed by atoms with E-state index in [0.29, 0.717) is 43.8 Å². The first kappa shape index (κ1) is 18.9. The van der Waals surface area contributed by atoms with Crippen molar-refractivity contribution in [3.63, 3.8) is 0 Å². The molecule has 9 heteroatoms. The number of carbonyl (C=O) groups is 1. The summed E-state index contributed by atoms with van der Waals surface area (Å²) in [5, 5.41) is 0.377. The van der Waals surface area contributed by atoms with Crippen molar-refractivity contribution in [2.45, 2.75) is 12.7 Å². The molecule has 1 amide bonds. The van der Waals surface area contributed by atoms with Gasteiger partial charge in [-0.1, -0.05) is 11.6 Å². The molecule has 1 aliphatic heterocycles. The van der Waals surface area contributed by atoms with Crippen LogP contribution < -0.4 is 4.90 Å². The van der Waals surface area contributed by atoms with Crippen LogP contribution in [0.1, 0.15) is 5.82 Å². The van der Waals surface area contributed by atoms with Gasteiger partial charge in [0.05, 0.1) is 12.7 Å². The third kappa shape index (κ3) is 5.27. The highest BCUT2D eigenvalue weighted by atomic mass is 35.5. The minimum atomic E-state index is -0.107. The first-order valence-corrected chi connectivity index (χ1v) is 8.03. The lowest BCUT2D eigenvalue weighted by molar-refractivity contribution is -0.135. The number of likely N-dealkylation sites (N-methyl/N-ethyl adjacent to an activating group) is 1. The van der Waals surface area contributed by atoms with Gasteiger partial charge in [-0.3, -0.25) is 4.79 Å². The SMILES string of the molecule is COCC(=O)N(C)CC1CN(c2cc(Cl)nc(COC)n2)CCO1. The van der Waals surface area contributed by atoms with Gasteiger partial charge in [0.15, 0.2) is 5.82 Å². The van der Waals surface area contributed by atoms with Gasteiger partial charge < -0.3 is 24.0 Å². The molecule has 1 unspecified atom stereocenters. The van der Waals surface area contributed by atoms with Crippen LogP contribution in [0, 0.1) is 0 Å². The molecule has 134 valence electrons. The predicted molar refractivity (Wildman–Crippen MR) is 89.2 cm³/mol. The molecule has 0 bridgehead atoms. The molecule has 1 fully saturated rings. The Hall–Kier alpha value is -1.48. The van der Waals surface area contributed by atoms with Gasteiger partial charge in [-0.25, -0.2) is 9.97 Å². The van der Waals surface area contributed by atoms with E-state index in [9.17, 15) is 4.79 Å². The van der Waals surface area contributed by atoms with Gasteiger partial charge >= 0.3 is 0 Å². The smallest absolute Gasteiger partial charge is 0.248 e. The third-order valence-corrected chi connectivity index (χ3v) is 3.83. The molecule has 0 spiro atoms. The molecule has 0 aromatic carbocycles. The Morgan fingerprint density at radius 3 is 2.96 bits per heavy atom. The maximum Gasteiger partial charge on any atom is 0.248 e. The second-order valence-electron chi connectivity index (χ2n) is 5.54. The Balaban J connectivity index is 2.01. The Labute approximate surface area is 146 Å². The Morgan fingerprint density at radius 1 is 1.46 bits per heavy atom. The van der Waals surface area contributed by atoms with Crippen LogP contribution in [0.3, 0.4) is 0 Å². The number of nitrogens with zero attached hydrogens (tertiary/aromatic N) is 4. The van der Waals surface area contributed by atoms with Crippen LogP contribution in [-0.2, 0) is 25.6 Å². The van der Waals surface area contributed by atoms with Crippen LogP contribution in [0.15, 0.2) is 6.07 Å². The number of ether oxygens (including phenoxy) is 3. The number of carbonyl (C=O) groups excluding carboxylic acids is 1. The lowest BCUT2D eigenvalue weighted by atomic mass is 10.2. The summed E-state index contributed by atoms with van der Waals surface area (Å²) in [5.41, 5.74) is 0. The fourth-order valence-electron chi connectivity index (χ4n) is 2.49. The minimum Gasteiger partial charge on any atom is -0.377 e. The number of methoxy groups -OCH3 is 2. The van der Waals surface area contributed by atoms with Gasteiger partial charge in [0.2, 0.25) is 5.91 Å². The zero-order chi connectivity index (χ0) is 17.5. The van der Waals surface area contributed by atoms with Crippen LogP contribution in [0.5, 0.6) is 0 Å². The molecule has 1 atom stereocenters. The fourth-order valence-corrected chi connectivity index (χ4v) is 2.68. The summed E-state index contributed by atoms with van der Waals surface area (Å²) in [4.78, 5) is 24.1. The van der Waals surface area contributed by atoms with E-state index < -0.39 is 0 Å². The van der Waals surface area contributed by atoms with Gasteiger partial charge in [0.1, 0.15) is 24.2 Å². The Bertz CT molecular complexity index is 560. The van der Waals surface area contributed by atoms with Gasteiger partial charge in [0, 0.05) is 47.0 Å². The van der Waals surface area contributed by atoms with Crippen molar-refractivity contribution in [2.75, 3.05) is 59.0 Å². The third-order valence-electron chi connectivity index (χ3n) is 3.63. The number of morpholine rings is 1. The monoisotopic (exact) mass is 358 g/mol. The number of amides is 1. The van der Waals surface area contributed by atoms with Crippen molar-refractivity contribution in [3.8, 4) is 0 Å². The highest BCUT2D eigenvalue weighted by molar-refractivity contribution is 6.29. The Morgan fingerprint density at radius 2 is 2.25 bits per heavy atom. The molecule has 2 heterocycles. The number of anilines is 1. The highest BCUT2D eigenvalue weighted by Gasteiger charge is 2.24. The van der Waals surface area contributed by atoms with E-state index in [1.807, 2.05) is 0 Å². The number of hydrogen-bond acceptors (Lipinski definition) is 7. The average molecular weight is 359 g/mol. The molecule has 8 nitrogen and oxygen atoms in total. The minimum absolute atomic E-state index is 0.0643. The van der Waals surface area contributed by atoms with E-state index in [2.05, 4.69) is 14.9 Å². The fraction of sp³-hybridized carbons (Fsp3) is 0.667. The lowest BCUT2D eigenvalue weighted by Gasteiger charge is -2.35. The molecular formula is C15H23ClN4O4. The summed E-state index contributed by atoms with van der Waals surface area (Å²) in [6, 6.07) is 1.73. The molecule has 1 saturated heterocycles. The summed E-state index contributed by atoms with van der Waals surface area (Å²) in [6.07, 6.45) is -0.107. The normalized spacial score (nSPS) is 17.8. The average Bonchev–Trinajstić information content (AvgIpc) is 2.55. The zero-order valence-corrected chi connectivity index (χ0v) is 15.0. The molecule has 1 aromatic heterocycles. The summed E-state index contributed by atoms with van der Waals surface area (Å²) in [5.74, 6) is 1.20. The molecule has 1 aliphatic rings. The zero-order valence-electron chi connectivity index (χ0n) is 14.2. The summed E-state index contributed by atoms with van der Waals surface area (Å²) in [6.45, 7) is 2.72. The van der Waals surface area contributed by atoms with Crippen LogP contribution in [0.25, 0.3) is 0 Å². The van der Waals surface area contributed by atoms with Crippen molar-refractivity contribution in [2.24, 2.45) is 0 Å². The summed E-state index contributed by atoms with van der Waals surface area (Å²) >= 11 is 6.07. The molecule has 0 aliphatic carbocycles. The van der Waals surface area contributed by atoms with E-state index in [4.69, 9.17) is 25.8 Å². The van der Waals surface area contributed by atoms with E-state index >= 15 is 0 Å². The van der Waals surface area contributed by atoms with Crippen molar-refractivity contribution in [1.82, 2.24) is 14.9 Å². The van der Waals surface area contributed by atoms with E-state index in [1.54, 1.807) is 25.1 Å². The number of hydrogen-bond donors (Lipinski definition) is 0. The van der Waals surface area contributed by atoms with Crippen LogP contribution in [0.4, 0.5) is 5.82 Å². The molecule has 0 saturated carbocycles. The van der Waals surface area contributed by atoms with Crippen molar-refractivity contribution < 1.29 is 19.0 Å². The number of rotatable bonds is 7. The van der Waals surface area contributed by atoms with Crippen molar-refractivity contribution in [3.05, 3.63) is 17.0 Å². The van der Waals surface area contributed by atoms with E-state index in [-0.39, 0.29) is 18.6 Å². The molecular weight excluding hydrogens is 336 g/mol. The first-order chi connectivity index (χ1) is 11.5. The Kier molecular flexibility index (Phi) is 7.16.